The van der Waals surface area contributed by atoms with Crippen LogP contribution in [-0.2, 0) is 6.42 Å². The summed E-state index contributed by atoms with van der Waals surface area (Å²) in [4.78, 5) is 2.16. The third kappa shape index (κ3) is 5.54. The van der Waals surface area contributed by atoms with E-state index in [0.717, 1.165) is 41.5 Å². The highest BCUT2D eigenvalue weighted by Gasteiger charge is 2.31. The molecule has 184 valence electrons. The van der Waals surface area contributed by atoms with Crippen LogP contribution in [-0.4, -0.2) is 51.6 Å². The van der Waals surface area contributed by atoms with Gasteiger partial charge < -0.3 is 33.9 Å². The fourth-order valence-electron chi connectivity index (χ4n) is 4.19. The summed E-state index contributed by atoms with van der Waals surface area (Å²) in [6.07, 6.45) is 0.814. The van der Waals surface area contributed by atoms with E-state index in [4.69, 9.17) is 35.9 Å². The largest absolute Gasteiger partial charge is 0.497 e. The molecule has 0 spiro atoms. The van der Waals surface area contributed by atoms with Crippen molar-refractivity contribution in [1.82, 2.24) is 4.90 Å². The monoisotopic (exact) mass is 494 g/mol. The van der Waals surface area contributed by atoms with Crippen molar-refractivity contribution in [2.45, 2.75) is 12.5 Å². The molecule has 0 aromatic heterocycles. The predicted octanol–water partition coefficient (Wildman–Crippen LogP) is 5.10. The molecule has 0 amide bonds. The molecular formula is C27H30N2O5S. The van der Waals surface area contributed by atoms with Crippen molar-refractivity contribution in [3.05, 3.63) is 71.8 Å². The predicted molar refractivity (Wildman–Crippen MR) is 140 cm³/mol. The second-order valence-corrected chi connectivity index (χ2v) is 8.40. The minimum Gasteiger partial charge on any atom is -0.497 e. The molecule has 1 aliphatic heterocycles. The normalized spacial score (nSPS) is 14.5. The maximum absolute atomic E-state index is 6.22. The Morgan fingerprint density at radius 2 is 1.54 bits per heavy atom. The van der Waals surface area contributed by atoms with E-state index in [1.165, 1.54) is 5.56 Å². The van der Waals surface area contributed by atoms with Crippen LogP contribution in [0.25, 0.3) is 0 Å². The second-order valence-electron chi connectivity index (χ2n) is 8.01. The standard InChI is InChI=1S/C27H30N2O5S/c1-30-20-8-10-21(11-9-20)34-17-24-23-16-26(33-4)25(32-3)14-18(23)12-13-29(24)27(35)28-19-6-5-7-22(15-19)31-2/h5-11,14-16,24H,12-13,17H2,1-4H3,(H,28,35). The summed E-state index contributed by atoms with van der Waals surface area (Å²) >= 11 is 5.86. The third-order valence-corrected chi connectivity index (χ3v) is 6.39. The first-order chi connectivity index (χ1) is 17.1. The Labute approximate surface area is 211 Å². The van der Waals surface area contributed by atoms with Crippen molar-refractivity contribution in [2.75, 3.05) is 46.9 Å². The van der Waals surface area contributed by atoms with Gasteiger partial charge in [-0.15, -0.1) is 0 Å². The van der Waals surface area contributed by atoms with E-state index in [0.29, 0.717) is 23.2 Å². The zero-order chi connectivity index (χ0) is 24.8. The molecule has 3 aromatic carbocycles. The van der Waals surface area contributed by atoms with Crippen molar-refractivity contribution < 1.29 is 23.7 Å². The van der Waals surface area contributed by atoms with E-state index in [2.05, 4.69) is 10.2 Å². The zero-order valence-corrected chi connectivity index (χ0v) is 21.2. The van der Waals surface area contributed by atoms with E-state index in [9.17, 15) is 0 Å². The highest BCUT2D eigenvalue weighted by molar-refractivity contribution is 7.80. The van der Waals surface area contributed by atoms with E-state index in [1.807, 2.05) is 60.7 Å². The summed E-state index contributed by atoms with van der Waals surface area (Å²) in [5.41, 5.74) is 3.14. The van der Waals surface area contributed by atoms with E-state index >= 15 is 0 Å². The Balaban J connectivity index is 1.62. The topological polar surface area (TPSA) is 61.4 Å². The first kappa shape index (κ1) is 24.5. The van der Waals surface area contributed by atoms with Gasteiger partial charge in [0.2, 0.25) is 0 Å². The van der Waals surface area contributed by atoms with Crippen LogP contribution in [0, 0.1) is 0 Å². The Morgan fingerprint density at radius 3 is 2.23 bits per heavy atom. The average molecular weight is 495 g/mol. The fourth-order valence-corrected chi connectivity index (χ4v) is 4.53. The number of thiocarbonyl (C=S) groups is 1. The molecule has 4 rings (SSSR count). The SMILES string of the molecule is COc1ccc(OCC2c3cc(OC)c(OC)cc3CCN2C(=S)Nc2cccc(OC)c2)cc1. The molecule has 1 heterocycles. The Morgan fingerprint density at radius 1 is 0.857 bits per heavy atom. The van der Waals surface area contributed by atoms with E-state index in [1.54, 1.807) is 28.4 Å². The molecule has 0 saturated carbocycles. The number of methoxy groups -OCH3 is 4. The van der Waals surface area contributed by atoms with Gasteiger partial charge in [0.05, 0.1) is 34.5 Å². The molecule has 0 fully saturated rings. The molecule has 0 saturated heterocycles. The number of rotatable bonds is 8. The van der Waals surface area contributed by atoms with Gasteiger partial charge in [-0.1, -0.05) is 6.07 Å². The third-order valence-electron chi connectivity index (χ3n) is 6.05. The van der Waals surface area contributed by atoms with Crippen molar-refractivity contribution >= 4 is 23.0 Å². The highest BCUT2D eigenvalue weighted by Crippen LogP contribution is 2.39. The van der Waals surface area contributed by atoms with Crippen LogP contribution in [0.5, 0.6) is 28.7 Å². The first-order valence-corrected chi connectivity index (χ1v) is 11.7. The smallest absolute Gasteiger partial charge is 0.174 e. The van der Waals surface area contributed by atoms with E-state index in [-0.39, 0.29) is 6.04 Å². The molecule has 1 N–H and O–H groups in total. The van der Waals surface area contributed by atoms with Crippen molar-refractivity contribution in [3.8, 4) is 28.7 Å². The number of fused-ring (bicyclic) bond motifs is 1. The number of hydrogen-bond acceptors (Lipinski definition) is 6. The molecule has 35 heavy (non-hydrogen) atoms. The fraction of sp³-hybridized carbons (Fsp3) is 0.296. The molecule has 1 atom stereocenters. The number of hydrogen-bond donors (Lipinski definition) is 1. The van der Waals surface area contributed by atoms with Crippen LogP contribution in [0.15, 0.2) is 60.7 Å². The Hall–Kier alpha value is -3.65. The summed E-state index contributed by atoms with van der Waals surface area (Å²) in [6, 6.07) is 19.2. The number of nitrogens with one attached hydrogen (secondary N) is 1. The minimum absolute atomic E-state index is 0.133. The van der Waals surface area contributed by atoms with Gasteiger partial charge in [0, 0.05) is 18.3 Å². The van der Waals surface area contributed by atoms with Gasteiger partial charge in [0.15, 0.2) is 16.6 Å². The summed E-state index contributed by atoms with van der Waals surface area (Å²) in [6.45, 7) is 1.13. The quantitative estimate of drug-likeness (QED) is 0.434. The molecule has 0 radical (unpaired) electrons. The summed E-state index contributed by atoms with van der Waals surface area (Å²) in [5, 5.41) is 3.97. The second kappa shape index (κ2) is 11.2. The zero-order valence-electron chi connectivity index (χ0n) is 20.4. The van der Waals surface area contributed by atoms with Gasteiger partial charge >= 0.3 is 0 Å². The van der Waals surface area contributed by atoms with Gasteiger partial charge in [-0.05, 0) is 78.3 Å². The lowest BCUT2D eigenvalue weighted by Crippen LogP contribution is -2.44. The molecule has 1 aliphatic rings. The summed E-state index contributed by atoms with van der Waals surface area (Å²) in [7, 11) is 6.58. The van der Waals surface area contributed by atoms with Crippen LogP contribution in [0.3, 0.4) is 0 Å². The van der Waals surface area contributed by atoms with Crippen molar-refractivity contribution in [1.29, 1.82) is 0 Å². The van der Waals surface area contributed by atoms with Crippen LogP contribution in [0.2, 0.25) is 0 Å². The van der Waals surface area contributed by atoms with Crippen LogP contribution in [0.1, 0.15) is 17.2 Å². The lowest BCUT2D eigenvalue weighted by molar-refractivity contribution is 0.190. The van der Waals surface area contributed by atoms with Crippen LogP contribution >= 0.6 is 12.2 Å². The number of nitrogens with zero attached hydrogens (tertiary/aromatic N) is 1. The first-order valence-electron chi connectivity index (χ1n) is 11.3. The lowest BCUT2D eigenvalue weighted by atomic mass is 9.92. The highest BCUT2D eigenvalue weighted by atomic mass is 32.1. The summed E-state index contributed by atoms with van der Waals surface area (Å²) in [5.74, 6) is 3.69. The summed E-state index contributed by atoms with van der Waals surface area (Å²) < 4.78 is 28.0. The lowest BCUT2D eigenvalue weighted by Gasteiger charge is -2.39. The molecule has 3 aromatic rings. The number of ether oxygens (including phenoxy) is 5. The maximum atomic E-state index is 6.22. The van der Waals surface area contributed by atoms with Gasteiger partial charge in [-0.2, -0.15) is 0 Å². The Bertz CT molecular complexity index is 1170. The Kier molecular flexibility index (Phi) is 7.82. The number of benzene rings is 3. The van der Waals surface area contributed by atoms with Crippen LogP contribution < -0.4 is 29.0 Å². The molecule has 8 heteroatoms. The average Bonchev–Trinajstić information content (AvgIpc) is 2.91. The molecule has 7 nitrogen and oxygen atoms in total. The molecule has 0 aliphatic carbocycles. The molecule has 0 bridgehead atoms. The molecule has 1 unspecified atom stereocenters. The minimum atomic E-state index is -0.133. The van der Waals surface area contributed by atoms with Crippen LogP contribution in [0.4, 0.5) is 5.69 Å². The van der Waals surface area contributed by atoms with Gasteiger partial charge in [0.25, 0.3) is 0 Å². The van der Waals surface area contributed by atoms with Gasteiger partial charge in [0.1, 0.15) is 23.9 Å². The number of anilines is 1. The van der Waals surface area contributed by atoms with Gasteiger partial charge in [-0.3, -0.25) is 0 Å². The van der Waals surface area contributed by atoms with E-state index < -0.39 is 0 Å². The maximum Gasteiger partial charge on any atom is 0.174 e. The molecular weight excluding hydrogens is 464 g/mol. The van der Waals surface area contributed by atoms with Crippen molar-refractivity contribution in [2.24, 2.45) is 0 Å². The van der Waals surface area contributed by atoms with Crippen molar-refractivity contribution in [3.63, 3.8) is 0 Å². The van der Waals surface area contributed by atoms with Gasteiger partial charge in [-0.25, -0.2) is 0 Å².